The summed E-state index contributed by atoms with van der Waals surface area (Å²) in [7, 11) is 0. The number of amides is 1. The van der Waals surface area contributed by atoms with Crippen LogP contribution < -0.4 is 5.43 Å². The summed E-state index contributed by atoms with van der Waals surface area (Å²) in [5.41, 5.74) is 4.75. The monoisotopic (exact) mass is 358 g/mol. The van der Waals surface area contributed by atoms with E-state index in [1.807, 2.05) is 48.5 Å². The molecule has 0 saturated heterocycles. The maximum absolute atomic E-state index is 12.9. The summed E-state index contributed by atoms with van der Waals surface area (Å²) in [5.74, 6) is -0.211. The highest BCUT2D eigenvalue weighted by atomic mass is 16.2. The van der Waals surface area contributed by atoms with Crippen LogP contribution in [0.15, 0.2) is 72.0 Å². The molecule has 1 aliphatic carbocycles. The highest BCUT2D eigenvalue weighted by molar-refractivity contribution is 6.11. The van der Waals surface area contributed by atoms with E-state index in [0.717, 1.165) is 18.5 Å². The second-order valence-electron chi connectivity index (χ2n) is 6.42. The van der Waals surface area contributed by atoms with Gasteiger partial charge in [-0.1, -0.05) is 48.5 Å². The van der Waals surface area contributed by atoms with Gasteiger partial charge in [0.1, 0.15) is 5.69 Å². The molecule has 1 aliphatic rings. The van der Waals surface area contributed by atoms with Crippen molar-refractivity contribution in [2.75, 3.05) is 0 Å². The van der Waals surface area contributed by atoms with Gasteiger partial charge in [-0.05, 0) is 25.0 Å². The Bertz CT molecular complexity index is 990. The molecule has 0 radical (unpaired) electrons. The fourth-order valence-electron chi connectivity index (χ4n) is 2.70. The van der Waals surface area contributed by atoms with Crippen molar-refractivity contribution in [3.05, 3.63) is 83.7 Å². The minimum absolute atomic E-state index is 0.0691. The molecule has 0 unspecified atom stereocenters. The summed E-state index contributed by atoms with van der Waals surface area (Å²) < 4.78 is 1.64. The third-order valence-corrected chi connectivity index (χ3v) is 4.34. The van der Waals surface area contributed by atoms with Crippen molar-refractivity contribution in [2.45, 2.75) is 12.8 Å². The van der Waals surface area contributed by atoms with Crippen LogP contribution in [0.1, 0.15) is 34.5 Å². The number of carbonyl (C=O) groups excluding carboxylic acids is 2. The number of nitrogens with one attached hydrogen (secondary N) is 1. The van der Waals surface area contributed by atoms with Gasteiger partial charge in [0.2, 0.25) is 11.7 Å². The summed E-state index contributed by atoms with van der Waals surface area (Å²) in [5, 5.41) is 8.48. The van der Waals surface area contributed by atoms with Crippen LogP contribution in [0.4, 0.5) is 0 Å². The van der Waals surface area contributed by atoms with Crippen LogP contribution in [-0.2, 0) is 4.79 Å². The molecule has 3 aromatic rings. The Morgan fingerprint density at radius 2 is 1.70 bits per heavy atom. The molecular weight excluding hydrogens is 340 g/mol. The van der Waals surface area contributed by atoms with E-state index in [4.69, 9.17) is 0 Å². The first kappa shape index (κ1) is 16.9. The summed E-state index contributed by atoms with van der Waals surface area (Å²) >= 11 is 0. The quantitative estimate of drug-likeness (QED) is 0.418. The van der Waals surface area contributed by atoms with Gasteiger partial charge in [0.25, 0.3) is 0 Å². The van der Waals surface area contributed by atoms with E-state index in [1.165, 1.54) is 6.21 Å². The van der Waals surface area contributed by atoms with Crippen molar-refractivity contribution >= 4 is 17.9 Å². The first-order valence-corrected chi connectivity index (χ1v) is 8.80. The number of carbonyl (C=O) groups is 2. The third kappa shape index (κ3) is 3.84. The van der Waals surface area contributed by atoms with E-state index in [0.29, 0.717) is 11.1 Å². The average molecular weight is 358 g/mol. The molecule has 6 nitrogen and oxygen atoms in total. The van der Waals surface area contributed by atoms with Gasteiger partial charge in [-0.2, -0.15) is 10.2 Å². The van der Waals surface area contributed by atoms with Crippen molar-refractivity contribution in [1.29, 1.82) is 0 Å². The van der Waals surface area contributed by atoms with Gasteiger partial charge in [-0.15, -0.1) is 0 Å². The zero-order valence-electron chi connectivity index (χ0n) is 14.6. The maximum Gasteiger partial charge on any atom is 0.243 e. The summed E-state index contributed by atoms with van der Waals surface area (Å²) in [6.07, 6.45) is 5.03. The van der Waals surface area contributed by atoms with E-state index < -0.39 is 0 Å². The van der Waals surface area contributed by atoms with Crippen LogP contribution >= 0.6 is 0 Å². The molecule has 1 amide bonds. The van der Waals surface area contributed by atoms with Gasteiger partial charge in [-0.3, -0.25) is 9.59 Å². The predicted molar refractivity (Wildman–Crippen MR) is 102 cm³/mol. The Labute approximate surface area is 156 Å². The smallest absolute Gasteiger partial charge is 0.243 e. The van der Waals surface area contributed by atoms with Crippen LogP contribution in [0.3, 0.4) is 0 Å². The van der Waals surface area contributed by atoms with Gasteiger partial charge in [0.05, 0.1) is 11.9 Å². The molecule has 0 atom stereocenters. The summed E-state index contributed by atoms with van der Waals surface area (Å²) in [6.45, 7) is 0. The number of hydrogen-bond donors (Lipinski definition) is 1. The molecular formula is C21H18N4O2. The number of benzene rings is 2. The topological polar surface area (TPSA) is 76.3 Å². The van der Waals surface area contributed by atoms with Crippen LogP contribution in [0, 0.1) is 5.92 Å². The lowest BCUT2D eigenvalue weighted by molar-refractivity contribution is -0.122. The molecule has 1 fully saturated rings. The molecule has 0 bridgehead atoms. The lowest BCUT2D eigenvalue weighted by Crippen LogP contribution is -2.19. The molecule has 1 heterocycles. The minimum Gasteiger partial charge on any atom is -0.287 e. The SMILES string of the molecule is O=C(c1ccccc1)c1nn(-c2ccccc2)cc1C=NNC(=O)C1CC1. The molecule has 134 valence electrons. The van der Waals surface area contributed by atoms with Crippen molar-refractivity contribution < 1.29 is 9.59 Å². The van der Waals surface area contributed by atoms with Crippen LogP contribution in [-0.4, -0.2) is 27.7 Å². The molecule has 1 aromatic heterocycles. The molecule has 0 spiro atoms. The zero-order valence-corrected chi connectivity index (χ0v) is 14.6. The zero-order chi connectivity index (χ0) is 18.6. The number of rotatable bonds is 6. The maximum atomic E-state index is 12.9. The standard InChI is InChI=1S/C21H18N4O2/c26-20(15-7-3-1-4-8-15)19-17(13-22-23-21(27)16-11-12-16)14-25(24-19)18-9-5-2-6-10-18/h1-10,13-14,16H,11-12H2,(H,23,27). The number of nitrogens with zero attached hydrogens (tertiary/aromatic N) is 3. The van der Waals surface area contributed by atoms with E-state index in [-0.39, 0.29) is 23.3 Å². The van der Waals surface area contributed by atoms with Crippen LogP contribution in [0.2, 0.25) is 0 Å². The van der Waals surface area contributed by atoms with Gasteiger partial charge < -0.3 is 0 Å². The Morgan fingerprint density at radius 1 is 1.04 bits per heavy atom. The Morgan fingerprint density at radius 3 is 2.37 bits per heavy atom. The minimum atomic E-state index is -0.194. The van der Waals surface area contributed by atoms with Crippen molar-refractivity contribution in [2.24, 2.45) is 11.0 Å². The molecule has 1 N–H and O–H groups in total. The highest BCUT2D eigenvalue weighted by Crippen LogP contribution is 2.28. The van der Waals surface area contributed by atoms with Crippen LogP contribution in [0.25, 0.3) is 5.69 Å². The average Bonchev–Trinajstić information content (AvgIpc) is 3.49. The van der Waals surface area contributed by atoms with Gasteiger partial charge >= 0.3 is 0 Å². The van der Waals surface area contributed by atoms with E-state index in [1.54, 1.807) is 23.0 Å². The summed E-state index contributed by atoms with van der Waals surface area (Å²) in [6, 6.07) is 18.5. The fraction of sp³-hybridized carbons (Fsp3) is 0.143. The fourth-order valence-corrected chi connectivity index (χ4v) is 2.70. The molecule has 1 saturated carbocycles. The van der Waals surface area contributed by atoms with Crippen molar-refractivity contribution in [1.82, 2.24) is 15.2 Å². The van der Waals surface area contributed by atoms with Crippen molar-refractivity contribution in [3.63, 3.8) is 0 Å². The Kier molecular flexibility index (Phi) is 4.61. The van der Waals surface area contributed by atoms with E-state index in [9.17, 15) is 9.59 Å². The largest absolute Gasteiger partial charge is 0.287 e. The highest BCUT2D eigenvalue weighted by Gasteiger charge is 2.29. The first-order chi connectivity index (χ1) is 13.2. The first-order valence-electron chi connectivity index (χ1n) is 8.80. The molecule has 6 heteroatoms. The predicted octanol–water partition coefficient (Wildman–Crippen LogP) is 2.96. The lowest BCUT2D eigenvalue weighted by atomic mass is 10.1. The molecule has 0 aliphatic heterocycles. The van der Waals surface area contributed by atoms with Crippen LogP contribution in [0.5, 0.6) is 0 Å². The Balaban J connectivity index is 1.66. The van der Waals surface area contributed by atoms with Gasteiger partial charge in [-0.25, -0.2) is 10.1 Å². The number of ketones is 1. The Hall–Kier alpha value is -3.54. The second kappa shape index (κ2) is 7.37. The van der Waals surface area contributed by atoms with Crippen molar-refractivity contribution in [3.8, 4) is 5.69 Å². The number of hydrogen-bond acceptors (Lipinski definition) is 4. The number of hydrazone groups is 1. The third-order valence-electron chi connectivity index (χ3n) is 4.34. The van der Waals surface area contributed by atoms with Gasteiger partial charge in [0.15, 0.2) is 0 Å². The molecule has 2 aromatic carbocycles. The lowest BCUT2D eigenvalue weighted by Gasteiger charge is -2.00. The molecule has 27 heavy (non-hydrogen) atoms. The number of para-hydroxylation sites is 1. The normalized spacial score (nSPS) is 13.6. The van der Waals surface area contributed by atoms with E-state index in [2.05, 4.69) is 15.6 Å². The molecule has 4 rings (SSSR count). The number of aromatic nitrogens is 2. The summed E-state index contributed by atoms with van der Waals surface area (Å²) in [4.78, 5) is 24.7. The second-order valence-corrected chi connectivity index (χ2v) is 6.42. The van der Waals surface area contributed by atoms with Gasteiger partial charge in [0, 0.05) is 23.2 Å². The van der Waals surface area contributed by atoms with E-state index >= 15 is 0 Å².